The van der Waals surface area contributed by atoms with E-state index in [4.69, 9.17) is 9.47 Å². The van der Waals surface area contributed by atoms with Crippen molar-refractivity contribution in [1.82, 2.24) is 0 Å². The third-order valence-corrected chi connectivity index (χ3v) is 4.27. The molecule has 0 radical (unpaired) electrons. The number of carbonyl (C=O) groups is 2. The van der Waals surface area contributed by atoms with Crippen LogP contribution in [0.3, 0.4) is 0 Å². The minimum atomic E-state index is -0.412. The molecule has 0 amide bonds. The van der Waals surface area contributed by atoms with E-state index in [1.54, 1.807) is 0 Å². The van der Waals surface area contributed by atoms with Gasteiger partial charge in [-0.15, -0.1) is 0 Å². The van der Waals surface area contributed by atoms with Crippen molar-refractivity contribution in [2.45, 2.75) is 25.9 Å². The molecule has 4 atom stereocenters. The fourth-order valence-corrected chi connectivity index (χ4v) is 3.39. The molecule has 0 aromatic rings. The zero-order chi connectivity index (χ0) is 11.5. The van der Waals surface area contributed by atoms with Crippen molar-refractivity contribution in [2.24, 2.45) is 17.3 Å². The van der Waals surface area contributed by atoms with Gasteiger partial charge >= 0.3 is 11.9 Å². The van der Waals surface area contributed by atoms with Crippen LogP contribution >= 0.6 is 0 Å². The largest absolute Gasteiger partial charge is 0.466 e. The van der Waals surface area contributed by atoms with Crippen LogP contribution in [-0.4, -0.2) is 25.2 Å². The quantitative estimate of drug-likeness (QED) is 0.622. The predicted molar refractivity (Wildman–Crippen MR) is 54.3 cm³/mol. The molecule has 0 spiro atoms. The van der Waals surface area contributed by atoms with E-state index in [2.05, 4.69) is 0 Å². The second-order valence-electron chi connectivity index (χ2n) is 5.14. The van der Waals surface area contributed by atoms with Gasteiger partial charge in [0.05, 0.1) is 12.5 Å². The molecule has 1 heterocycles. The average molecular weight is 222 g/mol. The lowest BCUT2D eigenvalue weighted by atomic mass is 9.58. The molecule has 1 aliphatic heterocycles. The van der Waals surface area contributed by atoms with Crippen molar-refractivity contribution in [2.75, 3.05) is 7.11 Å². The van der Waals surface area contributed by atoms with E-state index in [1.165, 1.54) is 7.11 Å². The zero-order valence-electron chi connectivity index (χ0n) is 9.36. The van der Waals surface area contributed by atoms with Crippen LogP contribution in [0.5, 0.6) is 0 Å². The van der Waals surface area contributed by atoms with Gasteiger partial charge in [-0.2, -0.15) is 0 Å². The Kier molecular flexibility index (Phi) is 1.77. The molecule has 86 valence electrons. The Hall–Kier alpha value is -1.32. The average Bonchev–Trinajstić information content (AvgIpc) is 2.43. The lowest BCUT2D eigenvalue weighted by Gasteiger charge is -2.42. The number of rotatable bonds is 1. The maximum atomic E-state index is 11.7. The Morgan fingerprint density at radius 1 is 1.62 bits per heavy atom. The van der Waals surface area contributed by atoms with Gasteiger partial charge in [-0.05, 0) is 25.7 Å². The summed E-state index contributed by atoms with van der Waals surface area (Å²) in [6.45, 7) is 1.94. The molecular formula is C12H14O4. The normalized spacial score (nSPS) is 44.0. The number of hydrogen-bond acceptors (Lipinski definition) is 4. The molecule has 4 heteroatoms. The maximum Gasteiger partial charge on any atom is 0.333 e. The number of hydrogen-bond donors (Lipinski definition) is 0. The molecule has 4 aliphatic rings. The van der Waals surface area contributed by atoms with Crippen molar-refractivity contribution >= 4 is 11.9 Å². The highest BCUT2D eigenvalue weighted by molar-refractivity contribution is 5.91. The first-order valence-corrected chi connectivity index (χ1v) is 5.57. The van der Waals surface area contributed by atoms with Crippen LogP contribution < -0.4 is 0 Å². The van der Waals surface area contributed by atoms with Crippen molar-refractivity contribution in [3.05, 3.63) is 11.6 Å². The van der Waals surface area contributed by atoms with Gasteiger partial charge in [0.1, 0.15) is 6.10 Å². The summed E-state index contributed by atoms with van der Waals surface area (Å²) in [6.07, 6.45) is 3.37. The lowest BCUT2D eigenvalue weighted by molar-refractivity contribution is -0.147. The summed E-state index contributed by atoms with van der Waals surface area (Å²) < 4.78 is 10.1. The zero-order valence-corrected chi connectivity index (χ0v) is 9.36. The molecule has 2 fully saturated rings. The van der Waals surface area contributed by atoms with E-state index in [1.807, 2.05) is 13.0 Å². The van der Waals surface area contributed by atoms with Gasteiger partial charge in [0, 0.05) is 11.5 Å². The monoisotopic (exact) mass is 222 g/mol. The highest BCUT2D eigenvalue weighted by atomic mass is 16.6. The molecular weight excluding hydrogens is 208 g/mol. The summed E-state index contributed by atoms with van der Waals surface area (Å²) in [5, 5.41) is 0. The van der Waals surface area contributed by atoms with Crippen molar-refractivity contribution < 1.29 is 19.1 Å². The number of esters is 2. The molecule has 1 saturated carbocycles. The molecule has 16 heavy (non-hydrogen) atoms. The van der Waals surface area contributed by atoms with E-state index in [0.29, 0.717) is 6.42 Å². The summed E-state index contributed by atoms with van der Waals surface area (Å²) in [7, 11) is 1.39. The SMILES string of the molecule is COC(=O)C1=C[C@H]2[C@H]3C[C@@H]1C[C@]2(C)C(=O)O3. The smallest absolute Gasteiger partial charge is 0.333 e. The first-order chi connectivity index (χ1) is 7.56. The highest BCUT2D eigenvalue weighted by Gasteiger charge is 2.61. The van der Waals surface area contributed by atoms with Crippen LogP contribution in [0.25, 0.3) is 0 Å². The van der Waals surface area contributed by atoms with Crippen molar-refractivity contribution in [3.63, 3.8) is 0 Å². The van der Waals surface area contributed by atoms with Gasteiger partial charge in [-0.3, -0.25) is 4.79 Å². The summed E-state index contributed by atoms with van der Waals surface area (Å²) in [5.41, 5.74) is 0.324. The number of carbonyl (C=O) groups excluding carboxylic acids is 2. The Bertz CT molecular complexity index is 411. The van der Waals surface area contributed by atoms with E-state index < -0.39 is 5.41 Å². The van der Waals surface area contributed by atoms with Gasteiger partial charge in [-0.25, -0.2) is 4.79 Å². The number of ether oxygens (including phenoxy) is 2. The topological polar surface area (TPSA) is 52.6 Å². The Morgan fingerprint density at radius 3 is 2.94 bits per heavy atom. The van der Waals surface area contributed by atoms with E-state index in [0.717, 1.165) is 12.0 Å². The standard InChI is InChI=1S/C12H14O4/c1-12-5-6-3-9(16-11(12)14)8(12)4-7(6)10(13)15-2/h4,6,8-9H,3,5H2,1-2H3/t6-,8+,9-,12+/m1/s1. The van der Waals surface area contributed by atoms with Gasteiger partial charge < -0.3 is 9.47 Å². The second kappa shape index (κ2) is 2.87. The summed E-state index contributed by atoms with van der Waals surface area (Å²) >= 11 is 0. The molecule has 0 aromatic heterocycles. The molecule has 0 unspecified atom stereocenters. The van der Waals surface area contributed by atoms with Crippen LogP contribution in [-0.2, 0) is 19.1 Å². The third-order valence-electron chi connectivity index (χ3n) is 4.27. The first kappa shape index (κ1) is 9.87. The maximum absolute atomic E-state index is 11.7. The predicted octanol–water partition coefficient (Wildman–Crippen LogP) is 1.06. The van der Waals surface area contributed by atoms with Gasteiger partial charge in [0.15, 0.2) is 0 Å². The second-order valence-corrected chi connectivity index (χ2v) is 5.14. The molecule has 0 aromatic carbocycles. The van der Waals surface area contributed by atoms with E-state index in [-0.39, 0.29) is 29.9 Å². The lowest BCUT2D eigenvalue weighted by Crippen LogP contribution is -2.44. The fraction of sp³-hybridized carbons (Fsp3) is 0.667. The minimum absolute atomic E-state index is 0.0235. The molecule has 4 rings (SSSR count). The van der Waals surface area contributed by atoms with Gasteiger partial charge in [-0.1, -0.05) is 6.08 Å². The Labute approximate surface area is 93.6 Å². The van der Waals surface area contributed by atoms with Crippen LogP contribution in [0.4, 0.5) is 0 Å². The van der Waals surface area contributed by atoms with Crippen molar-refractivity contribution in [1.29, 1.82) is 0 Å². The van der Waals surface area contributed by atoms with Gasteiger partial charge in [0.25, 0.3) is 0 Å². The van der Waals surface area contributed by atoms with Crippen LogP contribution in [0, 0.1) is 17.3 Å². The van der Waals surface area contributed by atoms with Crippen LogP contribution in [0.1, 0.15) is 19.8 Å². The number of methoxy groups -OCH3 is 1. The molecule has 1 saturated heterocycles. The first-order valence-electron chi connectivity index (χ1n) is 5.57. The third kappa shape index (κ3) is 0.996. The summed E-state index contributed by atoms with van der Waals surface area (Å²) in [6, 6.07) is 0. The molecule has 3 aliphatic carbocycles. The molecule has 0 N–H and O–H groups in total. The Balaban J connectivity index is 2.02. The van der Waals surface area contributed by atoms with Crippen LogP contribution in [0.15, 0.2) is 11.6 Å². The summed E-state index contributed by atoms with van der Waals surface area (Å²) in [5.74, 6) is -0.187. The van der Waals surface area contributed by atoms with E-state index >= 15 is 0 Å². The van der Waals surface area contributed by atoms with Crippen LogP contribution in [0.2, 0.25) is 0 Å². The highest BCUT2D eigenvalue weighted by Crippen LogP contribution is 2.57. The fourth-order valence-electron chi connectivity index (χ4n) is 3.39. The van der Waals surface area contributed by atoms with E-state index in [9.17, 15) is 9.59 Å². The minimum Gasteiger partial charge on any atom is -0.466 e. The Morgan fingerprint density at radius 2 is 2.38 bits per heavy atom. The van der Waals surface area contributed by atoms with Gasteiger partial charge in [0.2, 0.25) is 0 Å². The van der Waals surface area contributed by atoms with Crippen molar-refractivity contribution in [3.8, 4) is 0 Å². The molecule has 4 nitrogen and oxygen atoms in total. The molecule has 4 bridgehead atoms. The summed E-state index contributed by atoms with van der Waals surface area (Å²) in [4.78, 5) is 23.3.